The SMILES string of the molecule is CC=CC(=O)N(NC(=O)c1cccc(F)c1)C(C)(C)C. The minimum atomic E-state index is -0.598. The lowest BCUT2D eigenvalue weighted by molar-refractivity contribution is -0.133. The summed E-state index contributed by atoms with van der Waals surface area (Å²) in [6.07, 6.45) is 2.95. The molecule has 4 nitrogen and oxygen atoms in total. The second kappa shape index (κ2) is 6.32. The lowest BCUT2D eigenvalue weighted by Crippen LogP contribution is -2.55. The number of allylic oxidation sites excluding steroid dienone is 1. The second-order valence-corrected chi connectivity index (χ2v) is 5.30. The van der Waals surface area contributed by atoms with Gasteiger partial charge in [-0.1, -0.05) is 12.1 Å². The maximum Gasteiger partial charge on any atom is 0.270 e. The van der Waals surface area contributed by atoms with E-state index in [0.717, 1.165) is 6.07 Å². The van der Waals surface area contributed by atoms with Gasteiger partial charge in [0.1, 0.15) is 5.82 Å². The van der Waals surface area contributed by atoms with E-state index in [1.165, 1.54) is 29.3 Å². The third-order valence-corrected chi connectivity index (χ3v) is 2.50. The predicted molar refractivity (Wildman–Crippen MR) is 75.3 cm³/mol. The van der Waals surface area contributed by atoms with Gasteiger partial charge < -0.3 is 0 Å². The molecule has 0 radical (unpaired) electrons. The first kappa shape index (κ1) is 15.9. The summed E-state index contributed by atoms with van der Waals surface area (Å²) in [6, 6.07) is 5.30. The molecule has 1 aromatic carbocycles. The molecule has 0 aliphatic carbocycles. The van der Waals surface area contributed by atoms with Crippen molar-refractivity contribution in [3.8, 4) is 0 Å². The summed E-state index contributed by atoms with van der Waals surface area (Å²) in [5.41, 5.74) is 2.07. The summed E-state index contributed by atoms with van der Waals surface area (Å²) in [5, 5.41) is 1.22. The molecule has 0 bridgehead atoms. The maximum atomic E-state index is 13.1. The zero-order valence-corrected chi connectivity index (χ0v) is 12.1. The van der Waals surface area contributed by atoms with Crippen molar-refractivity contribution in [2.45, 2.75) is 33.2 Å². The van der Waals surface area contributed by atoms with Gasteiger partial charge in [-0.2, -0.15) is 0 Å². The zero-order chi connectivity index (χ0) is 15.3. The Hall–Kier alpha value is -2.17. The van der Waals surface area contributed by atoms with Gasteiger partial charge in [0.2, 0.25) is 0 Å². The number of nitrogens with one attached hydrogen (secondary N) is 1. The molecule has 0 atom stereocenters. The average molecular weight is 278 g/mol. The van der Waals surface area contributed by atoms with Gasteiger partial charge in [-0.15, -0.1) is 0 Å². The van der Waals surface area contributed by atoms with Crippen LogP contribution in [0.2, 0.25) is 0 Å². The lowest BCUT2D eigenvalue weighted by Gasteiger charge is -2.34. The topological polar surface area (TPSA) is 49.4 Å². The number of amides is 2. The minimum Gasteiger partial charge on any atom is -0.268 e. The van der Waals surface area contributed by atoms with Crippen LogP contribution in [0, 0.1) is 5.82 Å². The van der Waals surface area contributed by atoms with Crippen LogP contribution in [0.25, 0.3) is 0 Å². The van der Waals surface area contributed by atoms with Crippen LogP contribution in [0.15, 0.2) is 36.4 Å². The molecule has 0 fully saturated rings. The van der Waals surface area contributed by atoms with Crippen molar-refractivity contribution in [2.75, 3.05) is 0 Å². The van der Waals surface area contributed by atoms with Crippen molar-refractivity contribution in [1.82, 2.24) is 10.4 Å². The van der Waals surface area contributed by atoms with E-state index in [4.69, 9.17) is 0 Å². The van der Waals surface area contributed by atoms with Crippen LogP contribution in [-0.4, -0.2) is 22.4 Å². The summed E-state index contributed by atoms with van der Waals surface area (Å²) >= 11 is 0. The third-order valence-electron chi connectivity index (χ3n) is 2.50. The van der Waals surface area contributed by atoms with Gasteiger partial charge in [0.25, 0.3) is 11.8 Å². The molecule has 0 aromatic heterocycles. The lowest BCUT2D eigenvalue weighted by atomic mass is 10.1. The molecule has 20 heavy (non-hydrogen) atoms. The fourth-order valence-electron chi connectivity index (χ4n) is 1.57. The van der Waals surface area contributed by atoms with Crippen molar-refractivity contribution in [1.29, 1.82) is 0 Å². The second-order valence-electron chi connectivity index (χ2n) is 5.30. The van der Waals surface area contributed by atoms with Crippen LogP contribution < -0.4 is 5.43 Å². The molecule has 1 N–H and O–H groups in total. The van der Waals surface area contributed by atoms with Gasteiger partial charge in [-0.3, -0.25) is 15.0 Å². The number of hydrogen-bond donors (Lipinski definition) is 1. The molecule has 0 unspecified atom stereocenters. The molecule has 108 valence electrons. The molecule has 0 aliphatic rings. The monoisotopic (exact) mass is 278 g/mol. The quantitative estimate of drug-likeness (QED) is 0.668. The fourth-order valence-corrected chi connectivity index (χ4v) is 1.57. The molecule has 0 aliphatic heterocycles. The number of benzene rings is 1. The highest BCUT2D eigenvalue weighted by atomic mass is 19.1. The van der Waals surface area contributed by atoms with Crippen molar-refractivity contribution >= 4 is 11.8 Å². The molecular formula is C15H19FN2O2. The van der Waals surface area contributed by atoms with Gasteiger partial charge in [0.15, 0.2) is 0 Å². The standard InChI is InChI=1S/C15H19FN2O2/c1-5-7-13(19)18(15(2,3)4)17-14(20)11-8-6-9-12(16)10-11/h5-10H,1-4H3,(H,17,20). The Kier molecular flexibility index (Phi) is 5.02. The van der Waals surface area contributed by atoms with Gasteiger partial charge in [0.05, 0.1) is 5.54 Å². The predicted octanol–water partition coefficient (Wildman–Crippen LogP) is 2.67. The van der Waals surface area contributed by atoms with E-state index in [9.17, 15) is 14.0 Å². The number of hydrogen-bond acceptors (Lipinski definition) is 2. The summed E-state index contributed by atoms with van der Waals surface area (Å²) in [6.45, 7) is 7.09. The molecule has 0 heterocycles. The molecule has 0 spiro atoms. The number of hydrazine groups is 1. The number of nitrogens with zero attached hydrogens (tertiary/aromatic N) is 1. The van der Waals surface area contributed by atoms with Crippen molar-refractivity contribution in [2.24, 2.45) is 0 Å². The summed E-state index contributed by atoms with van der Waals surface area (Å²) < 4.78 is 13.1. The van der Waals surface area contributed by atoms with E-state index in [0.29, 0.717) is 0 Å². The number of rotatable bonds is 2. The Balaban J connectivity index is 2.96. The van der Waals surface area contributed by atoms with Crippen LogP contribution in [0.3, 0.4) is 0 Å². The van der Waals surface area contributed by atoms with Crippen molar-refractivity contribution in [3.05, 3.63) is 47.8 Å². The maximum absolute atomic E-state index is 13.1. The molecular weight excluding hydrogens is 259 g/mol. The molecule has 2 amide bonds. The minimum absolute atomic E-state index is 0.160. The summed E-state index contributed by atoms with van der Waals surface area (Å²) in [5.74, 6) is -1.37. The molecule has 5 heteroatoms. The number of carbonyl (C=O) groups excluding carboxylic acids is 2. The van der Waals surface area contributed by atoms with Gasteiger partial charge in [-0.25, -0.2) is 9.40 Å². The smallest absolute Gasteiger partial charge is 0.268 e. The van der Waals surface area contributed by atoms with E-state index in [-0.39, 0.29) is 11.5 Å². The zero-order valence-electron chi connectivity index (χ0n) is 12.1. The third kappa shape index (κ3) is 4.19. The van der Waals surface area contributed by atoms with Gasteiger partial charge in [-0.05, 0) is 45.9 Å². The number of carbonyl (C=O) groups is 2. The molecule has 0 saturated carbocycles. The first-order chi connectivity index (χ1) is 9.25. The molecule has 1 rings (SSSR count). The van der Waals surface area contributed by atoms with E-state index < -0.39 is 17.3 Å². The Bertz CT molecular complexity index is 533. The first-order valence-corrected chi connectivity index (χ1v) is 6.29. The van der Waals surface area contributed by atoms with Crippen LogP contribution in [0.4, 0.5) is 4.39 Å². The Labute approximate surface area is 118 Å². The summed E-state index contributed by atoms with van der Waals surface area (Å²) in [4.78, 5) is 24.0. The van der Waals surface area contributed by atoms with E-state index in [1.54, 1.807) is 33.8 Å². The average Bonchev–Trinajstić information content (AvgIpc) is 2.34. The van der Waals surface area contributed by atoms with Crippen LogP contribution in [0.1, 0.15) is 38.1 Å². The largest absolute Gasteiger partial charge is 0.270 e. The van der Waals surface area contributed by atoms with Crippen molar-refractivity contribution in [3.63, 3.8) is 0 Å². The van der Waals surface area contributed by atoms with Crippen LogP contribution in [0.5, 0.6) is 0 Å². The van der Waals surface area contributed by atoms with Crippen LogP contribution >= 0.6 is 0 Å². The van der Waals surface area contributed by atoms with Crippen molar-refractivity contribution < 1.29 is 14.0 Å². The first-order valence-electron chi connectivity index (χ1n) is 6.29. The molecule has 0 saturated heterocycles. The van der Waals surface area contributed by atoms with Gasteiger partial charge in [0, 0.05) is 11.6 Å². The van der Waals surface area contributed by atoms with Gasteiger partial charge >= 0.3 is 0 Å². The Morgan fingerprint density at radius 1 is 1.30 bits per heavy atom. The Morgan fingerprint density at radius 3 is 2.45 bits per heavy atom. The highest BCUT2D eigenvalue weighted by molar-refractivity contribution is 5.97. The summed E-state index contributed by atoms with van der Waals surface area (Å²) in [7, 11) is 0. The van der Waals surface area contributed by atoms with Crippen LogP contribution in [-0.2, 0) is 4.79 Å². The van der Waals surface area contributed by atoms with E-state index >= 15 is 0 Å². The Morgan fingerprint density at radius 2 is 1.95 bits per heavy atom. The highest BCUT2D eigenvalue weighted by Gasteiger charge is 2.27. The van der Waals surface area contributed by atoms with E-state index in [1.807, 2.05) is 0 Å². The number of halogens is 1. The fraction of sp³-hybridized carbons (Fsp3) is 0.333. The highest BCUT2D eigenvalue weighted by Crippen LogP contribution is 2.12. The van der Waals surface area contributed by atoms with E-state index in [2.05, 4.69) is 5.43 Å². The normalized spacial score (nSPS) is 11.4. The molecule has 1 aromatic rings.